The first-order valence-electron chi connectivity index (χ1n) is 10.2. The molecule has 0 spiro atoms. The van der Waals surface area contributed by atoms with Gasteiger partial charge in [0.1, 0.15) is 17.6 Å². The number of anilines is 1. The zero-order valence-corrected chi connectivity index (χ0v) is 18.4. The Balaban J connectivity index is 1.53. The lowest BCUT2D eigenvalue weighted by Gasteiger charge is -2.34. The average molecular weight is 447 g/mol. The van der Waals surface area contributed by atoms with E-state index < -0.39 is 18.1 Å². The van der Waals surface area contributed by atoms with Crippen molar-refractivity contribution in [3.05, 3.63) is 53.2 Å². The summed E-state index contributed by atoms with van der Waals surface area (Å²) in [5.41, 5.74) is 6.58. The van der Waals surface area contributed by atoms with Gasteiger partial charge in [-0.15, -0.1) is 0 Å². The Morgan fingerprint density at radius 1 is 1.16 bits per heavy atom. The van der Waals surface area contributed by atoms with Crippen LogP contribution >= 0.6 is 11.6 Å². The van der Waals surface area contributed by atoms with E-state index in [4.69, 9.17) is 26.8 Å². The third-order valence-corrected chi connectivity index (χ3v) is 5.19. The zero-order valence-electron chi connectivity index (χ0n) is 17.7. The molecular weight excluding hydrogens is 420 g/mol. The summed E-state index contributed by atoms with van der Waals surface area (Å²) < 4.78 is 10.6. The molecular formula is C22H27ClN4O4. The summed E-state index contributed by atoms with van der Waals surface area (Å²) in [6.07, 6.45) is 1.32. The molecule has 8 nitrogen and oxygen atoms in total. The predicted octanol–water partition coefficient (Wildman–Crippen LogP) is 2.88. The number of pyridine rings is 1. The Labute approximate surface area is 186 Å². The summed E-state index contributed by atoms with van der Waals surface area (Å²) in [6, 6.07) is 9.85. The number of ether oxygens (including phenoxy) is 2. The highest BCUT2D eigenvalue weighted by Gasteiger charge is 2.24. The first-order chi connectivity index (χ1) is 14.8. The Morgan fingerprint density at radius 2 is 1.90 bits per heavy atom. The molecule has 2 heterocycles. The topological polar surface area (TPSA) is 98.0 Å². The van der Waals surface area contributed by atoms with E-state index in [0.717, 1.165) is 5.82 Å². The van der Waals surface area contributed by atoms with Crippen LogP contribution in [0.15, 0.2) is 42.6 Å². The van der Waals surface area contributed by atoms with Crippen LogP contribution in [0.1, 0.15) is 19.4 Å². The molecule has 3 rings (SSSR count). The molecule has 0 saturated carbocycles. The van der Waals surface area contributed by atoms with Crippen LogP contribution in [0.3, 0.4) is 0 Å². The summed E-state index contributed by atoms with van der Waals surface area (Å²) in [7, 11) is 0. The number of benzene rings is 1. The van der Waals surface area contributed by atoms with Crippen LogP contribution in [0.4, 0.5) is 10.6 Å². The highest BCUT2D eigenvalue weighted by molar-refractivity contribution is 6.31. The molecule has 9 heteroatoms. The second-order valence-corrected chi connectivity index (χ2v) is 7.99. The fourth-order valence-corrected chi connectivity index (χ4v) is 3.47. The van der Waals surface area contributed by atoms with E-state index in [-0.39, 0.29) is 12.5 Å². The van der Waals surface area contributed by atoms with Crippen LogP contribution in [0.5, 0.6) is 5.75 Å². The van der Waals surface area contributed by atoms with Crippen molar-refractivity contribution in [2.75, 3.05) is 31.1 Å². The lowest BCUT2D eigenvalue weighted by molar-refractivity contribution is -0.148. The van der Waals surface area contributed by atoms with E-state index >= 15 is 0 Å². The quantitative estimate of drug-likeness (QED) is 0.681. The molecule has 1 amide bonds. The van der Waals surface area contributed by atoms with E-state index in [9.17, 15) is 9.59 Å². The SMILES string of the molecule is CC(C)OC(=O)C(N)Cc1ccc(OC(=O)N2CCN(c3ccccn3)CC2)cc1Cl. The monoisotopic (exact) mass is 446 g/mol. The third-order valence-electron chi connectivity index (χ3n) is 4.84. The van der Waals surface area contributed by atoms with Crippen LogP contribution < -0.4 is 15.4 Å². The van der Waals surface area contributed by atoms with Gasteiger partial charge in [-0.3, -0.25) is 4.79 Å². The summed E-state index contributed by atoms with van der Waals surface area (Å²) in [4.78, 5) is 32.5. The maximum atomic E-state index is 12.5. The molecule has 1 aliphatic rings. The van der Waals surface area contributed by atoms with Crippen molar-refractivity contribution >= 4 is 29.5 Å². The Bertz CT molecular complexity index is 902. The van der Waals surface area contributed by atoms with Gasteiger partial charge in [0.2, 0.25) is 0 Å². The number of carbonyl (C=O) groups is 2. The average Bonchev–Trinajstić information content (AvgIpc) is 2.75. The lowest BCUT2D eigenvalue weighted by Crippen LogP contribution is -2.49. The second kappa shape index (κ2) is 10.5. The number of nitrogens with zero attached hydrogens (tertiary/aromatic N) is 3. The van der Waals surface area contributed by atoms with Crippen molar-refractivity contribution in [3.63, 3.8) is 0 Å². The fraction of sp³-hybridized carbons (Fsp3) is 0.409. The Kier molecular flexibility index (Phi) is 7.70. The van der Waals surface area contributed by atoms with Gasteiger partial charge in [0.05, 0.1) is 6.10 Å². The summed E-state index contributed by atoms with van der Waals surface area (Å²) in [6.45, 7) is 5.95. The predicted molar refractivity (Wildman–Crippen MR) is 118 cm³/mol. The van der Waals surface area contributed by atoms with Crippen LogP contribution in [0.2, 0.25) is 5.02 Å². The minimum atomic E-state index is -0.816. The molecule has 1 aliphatic heterocycles. The molecule has 1 fully saturated rings. The van der Waals surface area contributed by atoms with Crippen molar-refractivity contribution in [2.45, 2.75) is 32.4 Å². The Hall–Kier alpha value is -2.84. The van der Waals surface area contributed by atoms with E-state index in [0.29, 0.717) is 42.5 Å². The van der Waals surface area contributed by atoms with Crippen molar-refractivity contribution in [1.29, 1.82) is 0 Å². The number of halogens is 1. The summed E-state index contributed by atoms with van der Waals surface area (Å²) in [5, 5.41) is 0.373. The van der Waals surface area contributed by atoms with Gasteiger partial charge in [-0.25, -0.2) is 9.78 Å². The molecule has 1 saturated heterocycles. The largest absolute Gasteiger partial charge is 0.462 e. The highest BCUT2D eigenvalue weighted by atomic mass is 35.5. The number of rotatable bonds is 6. The molecule has 2 N–H and O–H groups in total. The first-order valence-corrected chi connectivity index (χ1v) is 10.6. The van der Waals surface area contributed by atoms with Gasteiger partial charge in [-0.05, 0) is 50.1 Å². The minimum Gasteiger partial charge on any atom is -0.462 e. The Morgan fingerprint density at radius 3 is 2.52 bits per heavy atom. The highest BCUT2D eigenvalue weighted by Crippen LogP contribution is 2.24. The van der Waals surface area contributed by atoms with Crippen LogP contribution in [-0.4, -0.2) is 60.3 Å². The summed E-state index contributed by atoms with van der Waals surface area (Å²) in [5.74, 6) is 0.754. The van der Waals surface area contributed by atoms with E-state index in [1.165, 1.54) is 0 Å². The molecule has 0 aliphatic carbocycles. The van der Waals surface area contributed by atoms with Gasteiger partial charge in [0.25, 0.3) is 0 Å². The van der Waals surface area contributed by atoms with Gasteiger partial charge >= 0.3 is 12.1 Å². The molecule has 1 aromatic heterocycles. The lowest BCUT2D eigenvalue weighted by atomic mass is 10.1. The number of aromatic nitrogens is 1. The van der Waals surface area contributed by atoms with Crippen LogP contribution in [-0.2, 0) is 16.0 Å². The standard InChI is InChI=1S/C22H27ClN4O4/c1-15(2)30-21(28)19(24)13-16-6-7-17(14-18(16)23)31-22(29)27-11-9-26(10-12-27)20-5-3-4-8-25-20/h3-8,14-15,19H,9-13,24H2,1-2H3. The van der Waals surface area contributed by atoms with Gasteiger partial charge in [0.15, 0.2) is 0 Å². The maximum Gasteiger partial charge on any atom is 0.415 e. The molecule has 31 heavy (non-hydrogen) atoms. The molecule has 0 bridgehead atoms. The number of hydrogen-bond acceptors (Lipinski definition) is 7. The first kappa shape index (κ1) is 22.8. The van der Waals surface area contributed by atoms with Gasteiger partial charge in [0, 0.05) is 37.4 Å². The second-order valence-electron chi connectivity index (χ2n) is 7.58. The van der Waals surface area contributed by atoms with Gasteiger partial charge in [-0.1, -0.05) is 23.7 Å². The van der Waals surface area contributed by atoms with Crippen molar-refractivity contribution in [1.82, 2.24) is 9.88 Å². The molecule has 2 aromatic rings. The van der Waals surface area contributed by atoms with Crippen LogP contribution in [0, 0.1) is 0 Å². The van der Waals surface area contributed by atoms with Gasteiger partial charge in [-0.2, -0.15) is 0 Å². The molecule has 0 radical (unpaired) electrons. The third kappa shape index (κ3) is 6.32. The number of piperazine rings is 1. The fourth-order valence-electron chi connectivity index (χ4n) is 3.22. The smallest absolute Gasteiger partial charge is 0.415 e. The number of nitrogens with two attached hydrogens (primary N) is 1. The molecule has 1 unspecified atom stereocenters. The van der Waals surface area contributed by atoms with Crippen molar-refractivity contribution < 1.29 is 19.1 Å². The van der Waals surface area contributed by atoms with E-state index in [2.05, 4.69) is 9.88 Å². The summed E-state index contributed by atoms with van der Waals surface area (Å²) >= 11 is 6.31. The molecule has 166 valence electrons. The van der Waals surface area contributed by atoms with Gasteiger partial charge < -0.3 is 25.0 Å². The molecule has 1 aromatic carbocycles. The van der Waals surface area contributed by atoms with E-state index in [1.54, 1.807) is 43.1 Å². The minimum absolute atomic E-state index is 0.230. The van der Waals surface area contributed by atoms with Crippen molar-refractivity contribution in [3.8, 4) is 5.75 Å². The number of amides is 1. The van der Waals surface area contributed by atoms with Crippen LogP contribution in [0.25, 0.3) is 0 Å². The number of hydrogen-bond donors (Lipinski definition) is 1. The zero-order chi connectivity index (χ0) is 22.4. The maximum absolute atomic E-state index is 12.5. The number of carbonyl (C=O) groups excluding carboxylic acids is 2. The number of esters is 1. The van der Waals surface area contributed by atoms with E-state index in [1.807, 2.05) is 18.2 Å². The molecule has 1 atom stereocenters. The van der Waals surface area contributed by atoms with Crippen molar-refractivity contribution in [2.24, 2.45) is 5.73 Å². The normalized spacial score (nSPS) is 15.0.